The standard InChI is InChI=1S/C19H18P.Li/c1-3-11-18(12-4-1)20(19-13-5-2-6-14-19)16-15-17-9-7-8-10-17;/h1-14H,15-16H2;/q-1;+1. The molecule has 0 unspecified atom stereocenters. The summed E-state index contributed by atoms with van der Waals surface area (Å²) in [5, 5.41) is 2.94. The van der Waals surface area contributed by atoms with Gasteiger partial charge in [-0.1, -0.05) is 67.1 Å². The van der Waals surface area contributed by atoms with Gasteiger partial charge in [-0.05, 0) is 24.7 Å². The van der Waals surface area contributed by atoms with Gasteiger partial charge in [-0.25, -0.2) is 12.1 Å². The molecule has 3 aromatic rings. The molecule has 0 bridgehead atoms. The molecule has 0 saturated carbocycles. The van der Waals surface area contributed by atoms with E-state index in [1.54, 1.807) is 0 Å². The Morgan fingerprint density at radius 3 is 1.62 bits per heavy atom. The van der Waals surface area contributed by atoms with E-state index in [2.05, 4.69) is 84.9 Å². The van der Waals surface area contributed by atoms with Crippen molar-refractivity contribution in [3.05, 3.63) is 90.5 Å². The van der Waals surface area contributed by atoms with Gasteiger partial charge in [0.05, 0.1) is 0 Å². The van der Waals surface area contributed by atoms with Crippen LogP contribution >= 0.6 is 7.92 Å². The van der Waals surface area contributed by atoms with Crippen molar-refractivity contribution < 1.29 is 18.9 Å². The van der Waals surface area contributed by atoms with Gasteiger partial charge in [0.15, 0.2) is 0 Å². The van der Waals surface area contributed by atoms with Gasteiger partial charge in [0.2, 0.25) is 0 Å². The molecule has 0 heterocycles. The number of aryl methyl sites for hydroxylation is 1. The summed E-state index contributed by atoms with van der Waals surface area (Å²) in [5.74, 6) is 0. The molecule has 0 saturated heterocycles. The normalized spacial score (nSPS) is 10.3. The molecule has 3 aromatic carbocycles. The van der Waals surface area contributed by atoms with E-state index >= 15 is 0 Å². The van der Waals surface area contributed by atoms with Gasteiger partial charge < -0.3 is 0 Å². The van der Waals surface area contributed by atoms with Crippen molar-refractivity contribution in [3.8, 4) is 0 Å². The molecule has 0 amide bonds. The summed E-state index contributed by atoms with van der Waals surface area (Å²) in [5.41, 5.74) is 1.45. The molecule has 21 heavy (non-hydrogen) atoms. The average Bonchev–Trinajstić information content (AvgIpc) is 3.03. The van der Waals surface area contributed by atoms with Crippen LogP contribution in [0.4, 0.5) is 0 Å². The van der Waals surface area contributed by atoms with Crippen molar-refractivity contribution in [1.82, 2.24) is 0 Å². The molecule has 0 nitrogen and oxygen atoms in total. The van der Waals surface area contributed by atoms with E-state index in [0.29, 0.717) is 0 Å². The molecular weight excluding hydrogens is 266 g/mol. The summed E-state index contributed by atoms with van der Waals surface area (Å²) < 4.78 is 0. The Bertz CT molecular complexity index is 578. The van der Waals surface area contributed by atoms with Gasteiger partial charge in [-0.3, -0.25) is 0 Å². The van der Waals surface area contributed by atoms with E-state index < -0.39 is 0 Å². The number of hydrogen-bond acceptors (Lipinski definition) is 0. The summed E-state index contributed by atoms with van der Waals surface area (Å²) in [6.07, 6.45) is 2.37. The quantitative estimate of drug-likeness (QED) is 0.374. The average molecular weight is 284 g/mol. The molecule has 0 fully saturated rings. The third-order valence-electron chi connectivity index (χ3n) is 3.49. The van der Waals surface area contributed by atoms with Crippen LogP contribution in [0, 0.1) is 0 Å². The molecule has 0 aliphatic carbocycles. The maximum atomic E-state index is 2.27. The summed E-state index contributed by atoms with van der Waals surface area (Å²) >= 11 is 0. The molecule has 0 spiro atoms. The van der Waals surface area contributed by atoms with E-state index in [1.165, 1.54) is 22.3 Å². The molecule has 100 valence electrons. The molecule has 0 aromatic heterocycles. The Labute approximate surface area is 140 Å². The number of benzene rings is 2. The fourth-order valence-electron chi connectivity index (χ4n) is 2.44. The summed E-state index contributed by atoms with van der Waals surface area (Å²) in [6.45, 7) is 0. The topological polar surface area (TPSA) is 0 Å². The second-order valence-corrected chi connectivity index (χ2v) is 7.20. The largest absolute Gasteiger partial charge is 1.00 e. The van der Waals surface area contributed by atoms with Gasteiger partial charge in [0.1, 0.15) is 0 Å². The van der Waals surface area contributed by atoms with E-state index in [9.17, 15) is 0 Å². The van der Waals surface area contributed by atoms with E-state index in [1.807, 2.05) is 0 Å². The third-order valence-corrected chi connectivity index (χ3v) is 6.01. The van der Waals surface area contributed by atoms with Crippen molar-refractivity contribution in [1.29, 1.82) is 0 Å². The van der Waals surface area contributed by atoms with E-state index in [4.69, 9.17) is 0 Å². The van der Waals surface area contributed by atoms with Crippen LogP contribution < -0.4 is 29.5 Å². The van der Waals surface area contributed by atoms with Crippen LogP contribution in [0.3, 0.4) is 0 Å². The minimum Gasteiger partial charge on any atom is -0.213 e. The van der Waals surface area contributed by atoms with Crippen LogP contribution in [-0.2, 0) is 6.42 Å². The molecule has 0 aliphatic rings. The molecule has 3 rings (SSSR count). The molecule has 2 heteroatoms. The maximum Gasteiger partial charge on any atom is 1.00 e. The van der Waals surface area contributed by atoms with Crippen LogP contribution in [0.1, 0.15) is 5.56 Å². The van der Waals surface area contributed by atoms with E-state index in [0.717, 1.165) is 6.42 Å². The Morgan fingerprint density at radius 2 is 1.14 bits per heavy atom. The zero-order valence-electron chi connectivity index (χ0n) is 12.4. The first-order valence-electron chi connectivity index (χ1n) is 7.02. The first kappa shape index (κ1) is 16.2. The Balaban J connectivity index is 0.00000161. The van der Waals surface area contributed by atoms with Crippen LogP contribution in [0.15, 0.2) is 84.9 Å². The second kappa shape index (κ2) is 8.31. The Kier molecular flexibility index (Phi) is 6.40. The molecule has 0 atom stereocenters. The van der Waals surface area contributed by atoms with Crippen molar-refractivity contribution in [3.63, 3.8) is 0 Å². The summed E-state index contributed by atoms with van der Waals surface area (Å²) in [6, 6.07) is 30.6. The van der Waals surface area contributed by atoms with Gasteiger partial charge >= 0.3 is 18.9 Å². The minimum absolute atomic E-state index is 0. The first-order chi connectivity index (χ1) is 9.93. The zero-order valence-corrected chi connectivity index (χ0v) is 13.3. The van der Waals surface area contributed by atoms with Gasteiger partial charge in [0.25, 0.3) is 0 Å². The monoisotopic (exact) mass is 284 g/mol. The van der Waals surface area contributed by atoms with Crippen LogP contribution in [0.5, 0.6) is 0 Å². The first-order valence-corrected chi connectivity index (χ1v) is 8.54. The SMILES string of the molecule is [Li+].c1ccc(P(CC[c-]2cccc2)c2ccccc2)cc1. The summed E-state index contributed by atoms with van der Waals surface area (Å²) in [4.78, 5) is 0. The zero-order chi connectivity index (χ0) is 13.6. The molecule has 0 N–H and O–H groups in total. The smallest absolute Gasteiger partial charge is 0.213 e. The Hall–Kier alpha value is -1.18. The van der Waals surface area contributed by atoms with Gasteiger partial charge in [0, 0.05) is 0 Å². The van der Waals surface area contributed by atoms with Crippen LogP contribution in [-0.4, -0.2) is 6.16 Å². The number of hydrogen-bond donors (Lipinski definition) is 0. The van der Waals surface area contributed by atoms with Crippen LogP contribution in [0.2, 0.25) is 0 Å². The van der Waals surface area contributed by atoms with E-state index in [-0.39, 0.29) is 26.8 Å². The maximum absolute atomic E-state index is 2.27. The van der Waals surface area contributed by atoms with Crippen molar-refractivity contribution in [2.24, 2.45) is 0 Å². The predicted octanol–water partition coefficient (Wildman–Crippen LogP) is 1.08. The molecule has 0 radical (unpaired) electrons. The third kappa shape index (κ3) is 4.39. The van der Waals surface area contributed by atoms with Gasteiger partial charge in [-0.15, -0.1) is 0 Å². The predicted molar refractivity (Wildman–Crippen MR) is 89.7 cm³/mol. The fraction of sp³-hybridized carbons (Fsp3) is 0.105. The van der Waals surface area contributed by atoms with Crippen molar-refractivity contribution in [2.45, 2.75) is 6.42 Å². The Morgan fingerprint density at radius 1 is 0.667 bits per heavy atom. The minimum atomic E-state index is -0.256. The van der Waals surface area contributed by atoms with Crippen molar-refractivity contribution in [2.75, 3.05) is 6.16 Å². The summed E-state index contributed by atoms with van der Waals surface area (Å²) in [7, 11) is -0.256. The fourth-order valence-corrected chi connectivity index (χ4v) is 4.80. The van der Waals surface area contributed by atoms with Crippen LogP contribution in [0.25, 0.3) is 0 Å². The van der Waals surface area contributed by atoms with Gasteiger partial charge in [-0.2, -0.15) is 17.7 Å². The van der Waals surface area contributed by atoms with Crippen molar-refractivity contribution >= 4 is 18.5 Å². The number of rotatable bonds is 5. The molecule has 0 aliphatic heterocycles. The second-order valence-electron chi connectivity index (χ2n) is 4.87. The molecular formula is C19H18LiP.